The fraction of sp³-hybridized carbons (Fsp3) is 0.368. The quantitative estimate of drug-likeness (QED) is 0.676. The van der Waals surface area contributed by atoms with Gasteiger partial charge in [0, 0.05) is 18.6 Å². The number of imidazole rings is 1. The Morgan fingerprint density at radius 2 is 2.00 bits per heavy atom. The smallest absolute Gasteiger partial charge is 0.294 e. The standard InChI is InChI=1S/C19H21ClN6O2/c1-5-25-18-21-16-15(26(18)12(3)11(2)22-25)17(27)24(19(28)23(16)4)10-13-7-6-8-14(20)9-13/h6-9,12H,5,10H2,1-4H3. The monoisotopic (exact) mass is 400 g/mol. The highest BCUT2D eigenvalue weighted by molar-refractivity contribution is 6.30. The van der Waals surface area contributed by atoms with E-state index in [1.807, 2.05) is 31.4 Å². The van der Waals surface area contributed by atoms with E-state index in [0.717, 1.165) is 11.3 Å². The van der Waals surface area contributed by atoms with Crippen LogP contribution in [0.15, 0.2) is 39.0 Å². The minimum atomic E-state index is -0.415. The van der Waals surface area contributed by atoms with E-state index in [4.69, 9.17) is 11.6 Å². The summed E-state index contributed by atoms with van der Waals surface area (Å²) >= 11 is 6.06. The summed E-state index contributed by atoms with van der Waals surface area (Å²) in [7, 11) is 1.63. The second kappa shape index (κ2) is 6.63. The molecule has 1 aromatic carbocycles. The van der Waals surface area contributed by atoms with Gasteiger partial charge in [0.15, 0.2) is 11.2 Å². The summed E-state index contributed by atoms with van der Waals surface area (Å²) < 4.78 is 4.52. The molecule has 1 atom stereocenters. The molecule has 0 radical (unpaired) electrons. The summed E-state index contributed by atoms with van der Waals surface area (Å²) in [4.78, 5) is 30.9. The number of hydrazone groups is 1. The van der Waals surface area contributed by atoms with Crippen molar-refractivity contribution in [2.45, 2.75) is 33.4 Å². The van der Waals surface area contributed by atoms with Gasteiger partial charge >= 0.3 is 5.69 Å². The van der Waals surface area contributed by atoms with Crippen molar-refractivity contribution in [2.75, 3.05) is 11.6 Å². The van der Waals surface area contributed by atoms with E-state index in [-0.39, 0.29) is 18.1 Å². The Hall–Kier alpha value is -2.87. The van der Waals surface area contributed by atoms with Gasteiger partial charge in [0.25, 0.3) is 5.56 Å². The molecule has 9 heteroatoms. The molecule has 0 N–H and O–H groups in total. The lowest BCUT2D eigenvalue weighted by molar-refractivity contribution is 0.631. The van der Waals surface area contributed by atoms with Crippen LogP contribution in [0.4, 0.5) is 5.95 Å². The van der Waals surface area contributed by atoms with Crippen LogP contribution < -0.4 is 16.3 Å². The van der Waals surface area contributed by atoms with E-state index in [0.29, 0.717) is 28.7 Å². The summed E-state index contributed by atoms with van der Waals surface area (Å²) in [5.41, 5.74) is 1.64. The maximum absolute atomic E-state index is 13.4. The van der Waals surface area contributed by atoms with E-state index >= 15 is 0 Å². The molecule has 4 rings (SSSR count). The van der Waals surface area contributed by atoms with Gasteiger partial charge in [0.05, 0.1) is 18.3 Å². The Morgan fingerprint density at radius 1 is 1.25 bits per heavy atom. The molecule has 1 unspecified atom stereocenters. The molecule has 8 nitrogen and oxygen atoms in total. The highest BCUT2D eigenvalue weighted by Crippen LogP contribution is 2.29. The predicted molar refractivity (Wildman–Crippen MR) is 111 cm³/mol. The van der Waals surface area contributed by atoms with Gasteiger partial charge in [0.1, 0.15) is 0 Å². The third-order valence-electron chi connectivity index (χ3n) is 5.19. The molecule has 0 fully saturated rings. The summed E-state index contributed by atoms with van der Waals surface area (Å²) in [5, 5.41) is 6.87. The Morgan fingerprint density at radius 3 is 2.68 bits per heavy atom. The van der Waals surface area contributed by atoms with Crippen LogP contribution in [0.2, 0.25) is 5.02 Å². The van der Waals surface area contributed by atoms with Crippen molar-refractivity contribution < 1.29 is 0 Å². The zero-order chi connectivity index (χ0) is 20.2. The zero-order valence-corrected chi connectivity index (χ0v) is 16.9. The van der Waals surface area contributed by atoms with Crippen molar-refractivity contribution >= 4 is 34.4 Å². The van der Waals surface area contributed by atoms with E-state index in [1.165, 1.54) is 9.13 Å². The van der Waals surface area contributed by atoms with Gasteiger partial charge in [-0.25, -0.2) is 9.80 Å². The maximum atomic E-state index is 13.4. The molecule has 28 heavy (non-hydrogen) atoms. The third-order valence-corrected chi connectivity index (χ3v) is 5.42. The molecular formula is C19H21ClN6O2. The largest absolute Gasteiger partial charge is 0.332 e. The van der Waals surface area contributed by atoms with Gasteiger partial charge in [-0.3, -0.25) is 18.5 Å². The highest BCUT2D eigenvalue weighted by Gasteiger charge is 2.30. The van der Waals surface area contributed by atoms with Crippen LogP contribution in [-0.2, 0) is 13.6 Å². The van der Waals surface area contributed by atoms with Crippen LogP contribution in [-0.4, -0.2) is 30.9 Å². The molecule has 3 aromatic rings. The first-order valence-electron chi connectivity index (χ1n) is 9.12. The van der Waals surface area contributed by atoms with Gasteiger partial charge in [-0.2, -0.15) is 10.1 Å². The molecule has 1 aliphatic heterocycles. The van der Waals surface area contributed by atoms with Crippen LogP contribution in [0.3, 0.4) is 0 Å². The topological polar surface area (TPSA) is 77.4 Å². The molecule has 0 amide bonds. The number of halogens is 1. The van der Waals surface area contributed by atoms with Crippen LogP contribution in [0, 0.1) is 0 Å². The number of rotatable bonds is 3. The third kappa shape index (κ3) is 2.67. The number of aromatic nitrogens is 4. The molecule has 0 spiro atoms. The maximum Gasteiger partial charge on any atom is 0.332 e. The highest BCUT2D eigenvalue weighted by atomic mass is 35.5. The van der Waals surface area contributed by atoms with Crippen LogP contribution in [0.25, 0.3) is 11.2 Å². The normalized spacial score (nSPS) is 16.4. The lowest BCUT2D eigenvalue weighted by atomic mass is 10.2. The summed E-state index contributed by atoms with van der Waals surface area (Å²) in [5.74, 6) is 0.572. The molecule has 146 valence electrons. The second-order valence-electron chi connectivity index (χ2n) is 6.95. The first kappa shape index (κ1) is 18.5. The molecule has 1 aliphatic rings. The molecule has 0 saturated carbocycles. The first-order chi connectivity index (χ1) is 13.3. The van der Waals surface area contributed by atoms with E-state index in [2.05, 4.69) is 10.1 Å². The Bertz CT molecular complexity index is 1240. The van der Waals surface area contributed by atoms with Gasteiger partial charge < -0.3 is 0 Å². The SMILES string of the molecule is CCN1N=C(C)C(C)n2c1nc1c2c(=O)n(Cc2cccc(Cl)c2)c(=O)n1C. The van der Waals surface area contributed by atoms with E-state index in [1.54, 1.807) is 30.3 Å². The second-order valence-corrected chi connectivity index (χ2v) is 7.39. The number of anilines is 1. The van der Waals surface area contributed by atoms with Crippen molar-refractivity contribution in [2.24, 2.45) is 12.1 Å². The summed E-state index contributed by atoms with van der Waals surface area (Å²) in [6.45, 7) is 6.61. The van der Waals surface area contributed by atoms with Gasteiger partial charge in [-0.05, 0) is 38.5 Å². The molecule has 2 aromatic heterocycles. The molecule has 0 saturated heterocycles. The Balaban J connectivity index is 2.00. The average Bonchev–Trinajstić information content (AvgIpc) is 3.07. The van der Waals surface area contributed by atoms with Gasteiger partial charge in [0.2, 0.25) is 5.95 Å². The zero-order valence-electron chi connectivity index (χ0n) is 16.2. The number of hydrogen-bond acceptors (Lipinski definition) is 5. The number of aryl methyl sites for hydroxylation is 1. The molecule has 3 heterocycles. The van der Waals surface area contributed by atoms with Crippen molar-refractivity contribution in [1.82, 2.24) is 18.7 Å². The van der Waals surface area contributed by atoms with E-state index < -0.39 is 5.69 Å². The van der Waals surface area contributed by atoms with Crippen molar-refractivity contribution in [3.8, 4) is 0 Å². The summed E-state index contributed by atoms with van der Waals surface area (Å²) in [6, 6.07) is 7.01. The lowest BCUT2D eigenvalue weighted by Gasteiger charge is -2.28. The van der Waals surface area contributed by atoms with Crippen LogP contribution in [0.5, 0.6) is 0 Å². The van der Waals surface area contributed by atoms with E-state index in [9.17, 15) is 9.59 Å². The Labute approximate surface area is 166 Å². The average molecular weight is 401 g/mol. The Kier molecular flexibility index (Phi) is 4.38. The van der Waals surface area contributed by atoms with Crippen molar-refractivity contribution in [3.63, 3.8) is 0 Å². The van der Waals surface area contributed by atoms with Crippen molar-refractivity contribution in [3.05, 3.63) is 55.7 Å². The number of fused-ring (bicyclic) bond motifs is 3. The first-order valence-corrected chi connectivity index (χ1v) is 9.50. The predicted octanol–water partition coefficient (Wildman–Crippen LogP) is 2.38. The fourth-order valence-electron chi connectivity index (χ4n) is 3.55. The fourth-order valence-corrected chi connectivity index (χ4v) is 3.76. The minimum absolute atomic E-state index is 0.132. The van der Waals surface area contributed by atoms with Crippen LogP contribution in [0.1, 0.15) is 32.4 Å². The molecule has 0 aliphatic carbocycles. The number of benzene rings is 1. The molecule has 0 bridgehead atoms. The van der Waals surface area contributed by atoms with Crippen molar-refractivity contribution in [1.29, 1.82) is 0 Å². The summed E-state index contributed by atoms with van der Waals surface area (Å²) in [6.07, 6.45) is 0. The number of nitrogens with zero attached hydrogens (tertiary/aromatic N) is 6. The molecular weight excluding hydrogens is 380 g/mol. The lowest BCUT2D eigenvalue weighted by Crippen LogP contribution is -2.40. The number of hydrogen-bond donors (Lipinski definition) is 0. The van der Waals surface area contributed by atoms with Gasteiger partial charge in [-0.1, -0.05) is 23.7 Å². The minimum Gasteiger partial charge on any atom is -0.294 e. The van der Waals surface area contributed by atoms with Crippen LogP contribution >= 0.6 is 11.6 Å². The van der Waals surface area contributed by atoms with Gasteiger partial charge in [-0.15, -0.1) is 0 Å².